The molecule has 0 unspecified atom stereocenters. The van der Waals surface area contributed by atoms with Crippen LogP contribution in [0.2, 0.25) is 0 Å². The number of fused-ring (bicyclic) bond motifs is 3. The van der Waals surface area contributed by atoms with Gasteiger partial charge in [0, 0.05) is 41.7 Å². The number of rotatable bonds is 5. The fourth-order valence-electron chi connectivity index (χ4n) is 6.14. The molecule has 7 rings (SSSR count). The Hall–Kier alpha value is -4.59. The van der Waals surface area contributed by atoms with Gasteiger partial charge >= 0.3 is 0 Å². The number of halogens is 2. The van der Waals surface area contributed by atoms with E-state index in [1.807, 2.05) is 29.3 Å². The molecule has 234 valence electrons. The second-order valence-electron chi connectivity index (χ2n) is 11.5. The van der Waals surface area contributed by atoms with E-state index in [1.54, 1.807) is 12.3 Å². The summed E-state index contributed by atoms with van der Waals surface area (Å²) < 4.78 is 65.2. The minimum atomic E-state index is -4.52. The number of nitrogens with one attached hydrogen (secondary N) is 1. The van der Waals surface area contributed by atoms with Crippen LogP contribution in [-0.4, -0.2) is 66.6 Å². The number of pyridine rings is 3. The molecule has 11 nitrogen and oxygen atoms in total. The molecule has 0 spiro atoms. The summed E-state index contributed by atoms with van der Waals surface area (Å²) in [5.41, 5.74) is -0.408. The van der Waals surface area contributed by atoms with Gasteiger partial charge in [0.05, 0.1) is 42.8 Å². The van der Waals surface area contributed by atoms with Crippen molar-refractivity contribution in [1.29, 1.82) is 0 Å². The van der Waals surface area contributed by atoms with Crippen molar-refractivity contribution in [3.05, 3.63) is 65.9 Å². The third-order valence-corrected chi connectivity index (χ3v) is 10.2. The van der Waals surface area contributed by atoms with Crippen LogP contribution in [0.1, 0.15) is 42.7 Å². The summed E-state index contributed by atoms with van der Waals surface area (Å²) >= 11 is 0. The number of hydrogen-bond acceptors (Lipinski definition) is 10. The summed E-state index contributed by atoms with van der Waals surface area (Å²) in [6.07, 6.45) is 4.20. The summed E-state index contributed by atoms with van der Waals surface area (Å²) in [4.78, 5) is 30.5. The molecule has 1 N–H and O–H groups in total. The lowest BCUT2D eigenvalue weighted by atomic mass is 9.95. The molecule has 1 fully saturated rings. The van der Waals surface area contributed by atoms with Crippen LogP contribution in [-0.2, 0) is 16.4 Å². The number of sulfone groups is 1. The number of anilines is 3. The first-order valence-electron chi connectivity index (χ1n) is 14.7. The number of carbonyl (C=O) groups excluding carboxylic acids is 1. The van der Waals surface area contributed by atoms with Gasteiger partial charge in [0.1, 0.15) is 17.3 Å². The van der Waals surface area contributed by atoms with Gasteiger partial charge in [-0.2, -0.15) is 0 Å². The van der Waals surface area contributed by atoms with E-state index in [0.717, 1.165) is 29.6 Å². The Bertz CT molecular complexity index is 1940. The van der Waals surface area contributed by atoms with Gasteiger partial charge in [0.25, 0.3) is 5.91 Å². The van der Waals surface area contributed by atoms with E-state index in [9.17, 15) is 22.0 Å². The molecule has 45 heavy (non-hydrogen) atoms. The molecule has 0 saturated carbocycles. The largest absolute Gasteiger partial charge is 0.489 e. The first-order valence-corrected chi connectivity index (χ1v) is 16.2. The van der Waals surface area contributed by atoms with Crippen LogP contribution in [0.5, 0.6) is 11.5 Å². The summed E-state index contributed by atoms with van der Waals surface area (Å²) in [7, 11) is -4.52. The number of alkyl halides is 1. The van der Waals surface area contributed by atoms with Gasteiger partial charge in [-0.1, -0.05) is 0 Å². The molecule has 0 radical (unpaired) electrons. The smallest absolute Gasteiger partial charge is 0.251 e. The zero-order chi connectivity index (χ0) is 31.5. The molecule has 4 aromatic rings. The molecule has 6 heterocycles. The summed E-state index contributed by atoms with van der Waals surface area (Å²) in [6.45, 7) is 5.07. The van der Waals surface area contributed by atoms with Crippen molar-refractivity contribution in [2.24, 2.45) is 0 Å². The zero-order valence-electron chi connectivity index (χ0n) is 24.5. The van der Waals surface area contributed by atoms with Gasteiger partial charge in [-0.25, -0.2) is 27.2 Å². The van der Waals surface area contributed by atoms with Gasteiger partial charge in [-0.15, -0.1) is 0 Å². The lowest BCUT2D eigenvalue weighted by Gasteiger charge is -2.47. The molecule has 1 amide bonds. The molecule has 3 aliphatic heterocycles. The molecule has 0 bridgehead atoms. The lowest BCUT2D eigenvalue weighted by Crippen LogP contribution is -2.53. The lowest BCUT2D eigenvalue weighted by molar-refractivity contribution is 0.0949. The Morgan fingerprint density at radius 3 is 2.69 bits per heavy atom. The van der Waals surface area contributed by atoms with Crippen LogP contribution < -0.4 is 24.6 Å². The number of nitrogens with zero attached hydrogens (tertiary/aromatic N) is 5. The standard InChI is InChI=1S/C31H30F2N6O5S/c1-17-9-18(2)39(17)22-13-25-30(35-16-22)38(6-8-43-25)28-4-3-19-14-34-21(12-24(19)37-28)15-36-31(40)20-10-23(32)29-26(11-20)45(41,42)27(33)5-7-44-29/h3-4,10-14,16-18,27H,5-9,15H2,1-2H3,(H,36,40)/t17-,18+,27-/m1/s1. The van der Waals surface area contributed by atoms with Crippen LogP contribution in [0.25, 0.3) is 10.9 Å². The van der Waals surface area contributed by atoms with Gasteiger partial charge in [-0.3, -0.25) is 9.78 Å². The van der Waals surface area contributed by atoms with E-state index in [0.29, 0.717) is 53.8 Å². The maximum absolute atomic E-state index is 14.7. The molecule has 1 aromatic carbocycles. The molecule has 0 aliphatic carbocycles. The summed E-state index contributed by atoms with van der Waals surface area (Å²) in [5.74, 6) is -0.347. The predicted molar refractivity (Wildman–Crippen MR) is 162 cm³/mol. The molecule has 3 aromatic heterocycles. The molecule has 3 aliphatic rings. The molecule has 14 heteroatoms. The maximum Gasteiger partial charge on any atom is 0.251 e. The molecule has 1 saturated heterocycles. The Kier molecular flexibility index (Phi) is 7.18. The van der Waals surface area contributed by atoms with Crippen LogP contribution >= 0.6 is 0 Å². The van der Waals surface area contributed by atoms with Gasteiger partial charge in [0.2, 0.25) is 15.3 Å². The Balaban J connectivity index is 1.11. The Morgan fingerprint density at radius 2 is 1.89 bits per heavy atom. The van der Waals surface area contributed by atoms with Crippen LogP contribution in [0.3, 0.4) is 0 Å². The van der Waals surface area contributed by atoms with E-state index in [-0.39, 0.29) is 18.7 Å². The number of benzene rings is 1. The SMILES string of the molecule is C[C@@H]1C[C@H](C)N1c1cnc2c(c1)OCCN2c1ccc2cnc(CNC(=O)c3cc(F)c4c(c3)S(=O)(=O)[C@@H](F)CCO4)cc2n1. The van der Waals surface area contributed by atoms with Crippen molar-refractivity contribution >= 4 is 44.0 Å². The minimum absolute atomic E-state index is 0.0492. The number of carbonyl (C=O) groups is 1. The van der Waals surface area contributed by atoms with Crippen molar-refractivity contribution in [2.45, 2.75) is 55.7 Å². The average molecular weight is 637 g/mol. The monoisotopic (exact) mass is 636 g/mol. The zero-order valence-corrected chi connectivity index (χ0v) is 25.4. The average Bonchev–Trinajstić information content (AvgIpc) is 3.14. The van der Waals surface area contributed by atoms with Gasteiger partial charge in [0.15, 0.2) is 23.1 Å². The molecular weight excluding hydrogens is 606 g/mol. The van der Waals surface area contributed by atoms with E-state index in [4.69, 9.17) is 19.4 Å². The predicted octanol–water partition coefficient (Wildman–Crippen LogP) is 4.46. The second kappa shape index (κ2) is 11.1. The van der Waals surface area contributed by atoms with E-state index >= 15 is 0 Å². The quantitative estimate of drug-likeness (QED) is 0.336. The number of aromatic nitrogens is 3. The van der Waals surface area contributed by atoms with Crippen molar-refractivity contribution in [3.63, 3.8) is 0 Å². The topological polar surface area (TPSA) is 127 Å². The maximum atomic E-state index is 14.7. The fourth-order valence-corrected chi connectivity index (χ4v) is 7.53. The Morgan fingerprint density at radius 1 is 1.07 bits per heavy atom. The van der Waals surface area contributed by atoms with E-state index in [1.165, 1.54) is 0 Å². The fraction of sp³-hybridized carbons (Fsp3) is 0.355. The molecular formula is C31H30F2N6O5S. The third-order valence-electron chi connectivity index (χ3n) is 8.40. The normalized spacial score (nSPS) is 21.9. The molecule has 3 atom stereocenters. The first kappa shape index (κ1) is 29.1. The van der Waals surface area contributed by atoms with E-state index < -0.39 is 44.1 Å². The first-order chi connectivity index (χ1) is 21.6. The highest BCUT2D eigenvalue weighted by Gasteiger charge is 2.36. The summed E-state index contributed by atoms with van der Waals surface area (Å²) in [6, 6.07) is 10.3. The third kappa shape index (κ3) is 5.16. The van der Waals surface area contributed by atoms with Crippen molar-refractivity contribution in [1.82, 2.24) is 20.3 Å². The number of ether oxygens (including phenoxy) is 2. The highest BCUT2D eigenvalue weighted by molar-refractivity contribution is 7.92. The second-order valence-corrected chi connectivity index (χ2v) is 13.5. The highest BCUT2D eigenvalue weighted by Crippen LogP contribution is 2.40. The van der Waals surface area contributed by atoms with Gasteiger partial charge in [-0.05, 0) is 50.6 Å². The van der Waals surface area contributed by atoms with Crippen molar-refractivity contribution < 1.29 is 31.5 Å². The van der Waals surface area contributed by atoms with Crippen LogP contribution in [0.15, 0.2) is 53.7 Å². The number of hydrogen-bond donors (Lipinski definition) is 1. The number of amides is 1. The highest BCUT2D eigenvalue weighted by atomic mass is 32.2. The Labute approximate surface area is 258 Å². The van der Waals surface area contributed by atoms with Crippen LogP contribution in [0, 0.1) is 5.82 Å². The van der Waals surface area contributed by atoms with Crippen molar-refractivity contribution in [3.8, 4) is 11.5 Å². The summed E-state index contributed by atoms with van der Waals surface area (Å²) in [5, 5.41) is 3.41. The van der Waals surface area contributed by atoms with Crippen LogP contribution in [0.4, 0.5) is 26.1 Å². The van der Waals surface area contributed by atoms with Gasteiger partial charge < -0.3 is 24.6 Å². The van der Waals surface area contributed by atoms with E-state index in [2.05, 4.69) is 29.0 Å². The minimum Gasteiger partial charge on any atom is -0.489 e. The van der Waals surface area contributed by atoms with Crippen molar-refractivity contribution in [2.75, 3.05) is 29.6 Å².